The number of nitrogens with zero attached hydrogens (tertiary/aromatic N) is 1. The average molecular weight is 223 g/mol. The summed E-state index contributed by atoms with van der Waals surface area (Å²) in [6, 6.07) is 6.64. The van der Waals surface area contributed by atoms with Crippen LogP contribution >= 0.6 is 0 Å². The first kappa shape index (κ1) is 11.6. The number of piperidine rings is 1. The van der Waals surface area contributed by atoms with Gasteiger partial charge in [-0.15, -0.1) is 0 Å². The Morgan fingerprint density at radius 3 is 2.56 bits per heavy atom. The maximum atomic E-state index is 12.8. The normalized spacial score (nSPS) is 31.6. The molecule has 0 aliphatic carbocycles. The number of hydrogen-bond donors (Lipinski definition) is 1. The van der Waals surface area contributed by atoms with Crippen LogP contribution < -0.4 is 0 Å². The molecule has 1 aromatic rings. The first-order valence-corrected chi connectivity index (χ1v) is 5.73. The Balaban J connectivity index is 2.18. The van der Waals surface area contributed by atoms with Crippen molar-refractivity contribution in [1.82, 2.24) is 4.90 Å². The average Bonchev–Trinajstić information content (AvgIpc) is 2.28. The van der Waals surface area contributed by atoms with Crippen LogP contribution in [0.25, 0.3) is 0 Å². The van der Waals surface area contributed by atoms with Gasteiger partial charge in [0.1, 0.15) is 5.82 Å². The second kappa shape index (κ2) is 4.52. The molecule has 1 aliphatic heterocycles. The van der Waals surface area contributed by atoms with E-state index in [9.17, 15) is 9.50 Å². The Hall–Kier alpha value is -0.930. The summed E-state index contributed by atoms with van der Waals surface area (Å²) in [7, 11) is 2.02. The fourth-order valence-corrected chi connectivity index (χ4v) is 2.39. The standard InChI is InChI=1S/C13H18FNO/c1-9-13(16)12(7-8-15(9)2)10-3-5-11(14)6-4-10/h3-6,9,12-13,16H,7-8H2,1-2H3/t9-,12-,13-/m1/s1. The molecule has 0 aromatic heterocycles. The van der Waals surface area contributed by atoms with Crippen LogP contribution in [0.5, 0.6) is 0 Å². The SMILES string of the molecule is C[C@@H]1[C@@H](O)[C@@H](c2ccc(F)cc2)CCN1C. The van der Waals surface area contributed by atoms with Crippen LogP contribution in [0.15, 0.2) is 24.3 Å². The molecule has 1 aromatic carbocycles. The third kappa shape index (κ3) is 2.11. The van der Waals surface area contributed by atoms with E-state index >= 15 is 0 Å². The number of likely N-dealkylation sites (tertiary alicyclic amines) is 1. The van der Waals surface area contributed by atoms with E-state index in [4.69, 9.17) is 0 Å². The lowest BCUT2D eigenvalue weighted by Gasteiger charge is -2.39. The summed E-state index contributed by atoms with van der Waals surface area (Å²) in [6.07, 6.45) is 0.553. The third-order valence-corrected chi connectivity index (χ3v) is 3.69. The quantitative estimate of drug-likeness (QED) is 0.787. The van der Waals surface area contributed by atoms with E-state index in [1.54, 1.807) is 12.1 Å². The van der Waals surface area contributed by atoms with Gasteiger partial charge in [0, 0.05) is 12.0 Å². The van der Waals surface area contributed by atoms with Crippen LogP contribution in [0.2, 0.25) is 0 Å². The van der Waals surface area contributed by atoms with Crippen molar-refractivity contribution in [3.63, 3.8) is 0 Å². The minimum Gasteiger partial charge on any atom is -0.391 e. The molecule has 88 valence electrons. The Bertz CT molecular complexity index is 351. The predicted molar refractivity (Wildman–Crippen MR) is 61.9 cm³/mol. The van der Waals surface area contributed by atoms with E-state index < -0.39 is 0 Å². The van der Waals surface area contributed by atoms with Crippen molar-refractivity contribution in [3.05, 3.63) is 35.6 Å². The highest BCUT2D eigenvalue weighted by Gasteiger charge is 2.32. The molecule has 0 unspecified atom stereocenters. The highest BCUT2D eigenvalue weighted by Crippen LogP contribution is 2.31. The number of halogens is 1. The van der Waals surface area contributed by atoms with E-state index in [1.807, 2.05) is 14.0 Å². The second-order valence-corrected chi connectivity index (χ2v) is 4.66. The molecule has 16 heavy (non-hydrogen) atoms. The summed E-state index contributed by atoms with van der Waals surface area (Å²) >= 11 is 0. The van der Waals surface area contributed by atoms with Crippen LogP contribution in [0.1, 0.15) is 24.8 Å². The van der Waals surface area contributed by atoms with E-state index in [2.05, 4.69) is 4.90 Å². The fraction of sp³-hybridized carbons (Fsp3) is 0.538. The zero-order valence-electron chi connectivity index (χ0n) is 9.73. The fourth-order valence-electron chi connectivity index (χ4n) is 2.39. The molecule has 3 atom stereocenters. The molecule has 3 heteroatoms. The van der Waals surface area contributed by atoms with Crippen molar-refractivity contribution in [3.8, 4) is 0 Å². The van der Waals surface area contributed by atoms with Crippen LogP contribution in [-0.4, -0.2) is 35.7 Å². The van der Waals surface area contributed by atoms with Gasteiger partial charge in [0.25, 0.3) is 0 Å². The molecule has 0 saturated carbocycles. The van der Waals surface area contributed by atoms with Crippen molar-refractivity contribution in [2.75, 3.05) is 13.6 Å². The predicted octanol–water partition coefficient (Wildman–Crippen LogP) is 1.99. The lowest BCUT2D eigenvalue weighted by atomic mass is 9.83. The molecule has 2 rings (SSSR count). The summed E-state index contributed by atoms with van der Waals surface area (Å²) in [5.74, 6) is -0.0917. The number of aliphatic hydroxyl groups is 1. The monoisotopic (exact) mass is 223 g/mol. The van der Waals surface area contributed by atoms with Gasteiger partial charge in [-0.2, -0.15) is 0 Å². The second-order valence-electron chi connectivity index (χ2n) is 4.66. The highest BCUT2D eigenvalue weighted by molar-refractivity contribution is 5.23. The van der Waals surface area contributed by atoms with E-state index in [1.165, 1.54) is 12.1 Å². The Morgan fingerprint density at radius 2 is 1.94 bits per heavy atom. The third-order valence-electron chi connectivity index (χ3n) is 3.69. The molecule has 0 bridgehead atoms. The molecule has 1 N–H and O–H groups in total. The summed E-state index contributed by atoms with van der Waals surface area (Å²) < 4.78 is 12.8. The Kier molecular flexibility index (Phi) is 3.26. The largest absolute Gasteiger partial charge is 0.391 e. The highest BCUT2D eigenvalue weighted by atomic mass is 19.1. The van der Waals surface area contributed by atoms with Gasteiger partial charge < -0.3 is 10.0 Å². The summed E-state index contributed by atoms with van der Waals surface area (Å²) in [5.41, 5.74) is 1.04. The van der Waals surface area contributed by atoms with Crippen LogP contribution in [-0.2, 0) is 0 Å². The number of aliphatic hydroxyl groups excluding tert-OH is 1. The molecular formula is C13H18FNO. The van der Waals surface area contributed by atoms with Crippen molar-refractivity contribution in [1.29, 1.82) is 0 Å². The van der Waals surface area contributed by atoms with Crippen molar-refractivity contribution >= 4 is 0 Å². The molecule has 1 heterocycles. The van der Waals surface area contributed by atoms with Crippen molar-refractivity contribution in [2.24, 2.45) is 0 Å². The number of rotatable bonds is 1. The summed E-state index contributed by atoms with van der Waals surface area (Å²) in [6.45, 7) is 3.00. The van der Waals surface area contributed by atoms with Gasteiger partial charge in [-0.25, -0.2) is 4.39 Å². The maximum absolute atomic E-state index is 12.8. The summed E-state index contributed by atoms with van der Waals surface area (Å²) in [4.78, 5) is 2.16. The molecule has 0 spiro atoms. The first-order valence-electron chi connectivity index (χ1n) is 5.73. The van der Waals surface area contributed by atoms with Gasteiger partial charge in [0.05, 0.1) is 6.10 Å². The van der Waals surface area contributed by atoms with Gasteiger partial charge in [0.2, 0.25) is 0 Å². The van der Waals surface area contributed by atoms with Crippen LogP contribution in [0.4, 0.5) is 4.39 Å². The molecule has 0 amide bonds. The number of benzene rings is 1. The van der Waals surface area contributed by atoms with Gasteiger partial charge in [-0.1, -0.05) is 12.1 Å². The number of hydrogen-bond acceptors (Lipinski definition) is 2. The van der Waals surface area contributed by atoms with Crippen LogP contribution in [0, 0.1) is 5.82 Å². The van der Waals surface area contributed by atoms with Gasteiger partial charge in [-0.3, -0.25) is 0 Å². The molecule has 0 radical (unpaired) electrons. The van der Waals surface area contributed by atoms with Gasteiger partial charge in [0.15, 0.2) is 0 Å². The molecular weight excluding hydrogens is 205 g/mol. The van der Waals surface area contributed by atoms with E-state index in [0.29, 0.717) is 0 Å². The zero-order valence-corrected chi connectivity index (χ0v) is 9.73. The van der Waals surface area contributed by atoms with Crippen LogP contribution in [0.3, 0.4) is 0 Å². The lowest BCUT2D eigenvalue weighted by molar-refractivity contribution is 0.0162. The molecule has 1 saturated heterocycles. The minimum absolute atomic E-state index is 0.131. The molecule has 2 nitrogen and oxygen atoms in total. The minimum atomic E-state index is -0.371. The first-order chi connectivity index (χ1) is 7.59. The smallest absolute Gasteiger partial charge is 0.123 e. The van der Waals surface area contributed by atoms with Gasteiger partial charge in [-0.05, 0) is 44.6 Å². The molecule has 1 fully saturated rings. The van der Waals surface area contributed by atoms with Crippen molar-refractivity contribution < 1.29 is 9.50 Å². The Morgan fingerprint density at radius 1 is 1.31 bits per heavy atom. The number of likely N-dealkylation sites (N-methyl/N-ethyl adjacent to an activating group) is 1. The topological polar surface area (TPSA) is 23.5 Å². The Labute approximate surface area is 95.7 Å². The van der Waals surface area contributed by atoms with E-state index in [-0.39, 0.29) is 23.9 Å². The maximum Gasteiger partial charge on any atom is 0.123 e. The summed E-state index contributed by atoms with van der Waals surface area (Å²) in [5, 5.41) is 10.2. The zero-order chi connectivity index (χ0) is 11.7. The van der Waals surface area contributed by atoms with Gasteiger partial charge >= 0.3 is 0 Å². The molecule has 1 aliphatic rings. The van der Waals surface area contributed by atoms with E-state index in [0.717, 1.165) is 18.5 Å². The van der Waals surface area contributed by atoms with Crippen molar-refractivity contribution in [2.45, 2.75) is 31.4 Å². The lowest BCUT2D eigenvalue weighted by Crippen LogP contribution is -2.47.